The van der Waals surface area contributed by atoms with Crippen LogP contribution in [0.1, 0.15) is 18.4 Å². The Morgan fingerprint density at radius 2 is 1.60 bits per heavy atom. The predicted octanol–water partition coefficient (Wildman–Crippen LogP) is 3.66. The van der Waals surface area contributed by atoms with E-state index in [0.29, 0.717) is 5.56 Å². The summed E-state index contributed by atoms with van der Waals surface area (Å²) in [4.78, 5) is 29.4. The van der Waals surface area contributed by atoms with Crippen molar-refractivity contribution in [3.05, 3.63) is 70.5 Å². The molecule has 1 fully saturated rings. The van der Waals surface area contributed by atoms with Crippen molar-refractivity contribution >= 4 is 28.6 Å². The summed E-state index contributed by atoms with van der Waals surface area (Å²) in [6.07, 6.45) is 2.61. The highest BCUT2D eigenvalue weighted by Crippen LogP contribution is 2.25. The van der Waals surface area contributed by atoms with E-state index in [2.05, 4.69) is 44.9 Å². The number of rotatable bonds is 3. The van der Waals surface area contributed by atoms with Crippen LogP contribution in [0.4, 0.5) is 0 Å². The Morgan fingerprint density at radius 1 is 0.900 bits per heavy atom. The van der Waals surface area contributed by atoms with Gasteiger partial charge in [0.05, 0.1) is 11.3 Å². The Kier molecular flexibility index (Phi) is 7.17. The maximum Gasteiger partial charge on any atom is 0.257 e. The summed E-state index contributed by atoms with van der Waals surface area (Å²) in [5, 5.41) is 2.19. The molecule has 30 heavy (non-hydrogen) atoms. The fourth-order valence-corrected chi connectivity index (χ4v) is 3.97. The number of hydrogen-bond acceptors (Lipinski definition) is 4. The number of nitrogens with zero attached hydrogens (tertiary/aromatic N) is 1. The van der Waals surface area contributed by atoms with Crippen LogP contribution in [-0.4, -0.2) is 41.8 Å². The molecule has 4 N–H and O–H groups in total. The molecular weight excluding hydrogens is 376 g/mol. The van der Waals surface area contributed by atoms with E-state index in [9.17, 15) is 4.79 Å². The summed E-state index contributed by atoms with van der Waals surface area (Å²) in [5.41, 5.74) is 9.25. The average molecular weight is 405 g/mol. The van der Waals surface area contributed by atoms with E-state index in [-0.39, 0.29) is 5.56 Å². The molecule has 1 aliphatic heterocycles. The maximum absolute atomic E-state index is 12.5. The average Bonchev–Trinajstić information content (AvgIpc) is 3.45. The SMILES string of the molecule is C=O.CN.O=c1[nH]c2ccccc2cc1-c1cc2cc(CN3CCCC3)ccc2[nH]1. The molecule has 0 spiro atoms. The third-order valence-electron chi connectivity index (χ3n) is 5.33. The van der Waals surface area contributed by atoms with E-state index in [1.807, 2.05) is 37.1 Å². The van der Waals surface area contributed by atoms with Crippen LogP contribution in [0.25, 0.3) is 33.1 Å². The summed E-state index contributed by atoms with van der Waals surface area (Å²) in [7, 11) is 1.50. The Labute approximate surface area is 175 Å². The number of H-pyrrole nitrogens is 2. The predicted molar refractivity (Wildman–Crippen MR) is 124 cm³/mol. The first-order valence-corrected chi connectivity index (χ1v) is 10.1. The van der Waals surface area contributed by atoms with Crippen LogP contribution < -0.4 is 11.3 Å². The van der Waals surface area contributed by atoms with Gasteiger partial charge in [-0.2, -0.15) is 0 Å². The Morgan fingerprint density at radius 3 is 2.37 bits per heavy atom. The molecule has 1 saturated heterocycles. The largest absolute Gasteiger partial charge is 0.354 e. The summed E-state index contributed by atoms with van der Waals surface area (Å²) in [5.74, 6) is 0. The van der Waals surface area contributed by atoms with Crippen molar-refractivity contribution in [3.8, 4) is 11.3 Å². The van der Waals surface area contributed by atoms with Crippen molar-refractivity contribution in [2.75, 3.05) is 20.1 Å². The van der Waals surface area contributed by atoms with Gasteiger partial charge in [0.2, 0.25) is 0 Å². The number of para-hydroxylation sites is 1. The minimum Gasteiger partial charge on any atom is -0.354 e. The molecule has 0 atom stereocenters. The number of nitrogens with two attached hydrogens (primary N) is 1. The van der Waals surface area contributed by atoms with E-state index < -0.39 is 0 Å². The van der Waals surface area contributed by atoms with Crippen molar-refractivity contribution in [2.45, 2.75) is 19.4 Å². The molecule has 0 bridgehead atoms. The van der Waals surface area contributed by atoms with Gasteiger partial charge in [-0.1, -0.05) is 24.3 Å². The normalized spacial score (nSPS) is 13.5. The third kappa shape index (κ3) is 4.50. The van der Waals surface area contributed by atoms with Gasteiger partial charge in [-0.25, -0.2) is 0 Å². The van der Waals surface area contributed by atoms with Gasteiger partial charge in [-0.3, -0.25) is 9.69 Å². The van der Waals surface area contributed by atoms with Crippen molar-refractivity contribution in [2.24, 2.45) is 5.73 Å². The van der Waals surface area contributed by atoms with Crippen molar-refractivity contribution in [3.63, 3.8) is 0 Å². The molecule has 5 rings (SSSR count). The van der Waals surface area contributed by atoms with Gasteiger partial charge in [0.15, 0.2) is 0 Å². The molecular formula is C24H28N4O2. The maximum atomic E-state index is 12.5. The van der Waals surface area contributed by atoms with Crippen molar-refractivity contribution in [1.82, 2.24) is 14.9 Å². The first kappa shape index (κ1) is 21.5. The fraction of sp³-hybridized carbons (Fsp3) is 0.250. The van der Waals surface area contributed by atoms with Crippen LogP contribution in [0.15, 0.2) is 59.4 Å². The van der Waals surface area contributed by atoms with Crippen LogP contribution in [0.2, 0.25) is 0 Å². The van der Waals surface area contributed by atoms with Gasteiger partial charge in [-0.05, 0) is 74.3 Å². The first-order chi connectivity index (χ1) is 14.8. The van der Waals surface area contributed by atoms with Gasteiger partial charge in [0, 0.05) is 23.0 Å². The minimum absolute atomic E-state index is 0.0625. The standard InChI is InChI=1S/C22H21N3O.CH5N.CH2O/c26-22-18(12-16-5-1-2-6-19(16)24-22)21-13-17-11-15(7-8-20(17)23-21)14-25-9-3-4-10-25;2*1-2/h1-2,5-8,11-13,23H,3-4,9-10,14H2,(H,24,26);2H2,1H3;1H2. The number of carbonyl (C=O) groups is 1. The highest BCUT2D eigenvalue weighted by molar-refractivity contribution is 5.89. The number of carbonyl (C=O) groups excluding carboxylic acids is 1. The molecule has 0 aliphatic carbocycles. The summed E-state index contributed by atoms with van der Waals surface area (Å²) in [6, 6.07) is 18.5. The second-order valence-electron chi connectivity index (χ2n) is 7.19. The van der Waals surface area contributed by atoms with Crippen LogP contribution in [0.3, 0.4) is 0 Å². The van der Waals surface area contributed by atoms with E-state index in [1.165, 1.54) is 38.5 Å². The number of nitrogens with one attached hydrogen (secondary N) is 2. The lowest BCUT2D eigenvalue weighted by Gasteiger charge is -2.14. The van der Waals surface area contributed by atoms with E-state index >= 15 is 0 Å². The molecule has 0 saturated carbocycles. The third-order valence-corrected chi connectivity index (χ3v) is 5.33. The molecule has 156 valence electrons. The number of fused-ring (bicyclic) bond motifs is 2. The quantitative estimate of drug-likeness (QED) is 0.486. The number of hydrogen-bond donors (Lipinski definition) is 3. The van der Waals surface area contributed by atoms with Gasteiger partial charge in [0.1, 0.15) is 6.79 Å². The molecule has 2 aromatic carbocycles. The smallest absolute Gasteiger partial charge is 0.257 e. The van der Waals surface area contributed by atoms with E-state index in [4.69, 9.17) is 4.79 Å². The van der Waals surface area contributed by atoms with Crippen LogP contribution in [0.5, 0.6) is 0 Å². The van der Waals surface area contributed by atoms with Crippen LogP contribution in [0, 0.1) is 0 Å². The monoisotopic (exact) mass is 404 g/mol. The lowest BCUT2D eigenvalue weighted by atomic mass is 10.1. The molecule has 3 heterocycles. The Balaban J connectivity index is 0.000000606. The molecule has 0 radical (unpaired) electrons. The Hall–Kier alpha value is -3.22. The van der Waals surface area contributed by atoms with Crippen LogP contribution in [-0.2, 0) is 11.3 Å². The summed E-state index contributed by atoms with van der Waals surface area (Å²) >= 11 is 0. The van der Waals surface area contributed by atoms with Gasteiger partial charge in [0.25, 0.3) is 5.56 Å². The topological polar surface area (TPSA) is 95.0 Å². The summed E-state index contributed by atoms with van der Waals surface area (Å²) in [6.45, 7) is 5.40. The molecule has 0 amide bonds. The van der Waals surface area contributed by atoms with Gasteiger partial charge >= 0.3 is 0 Å². The van der Waals surface area contributed by atoms with Crippen LogP contribution >= 0.6 is 0 Å². The van der Waals surface area contributed by atoms with E-state index in [0.717, 1.165) is 34.0 Å². The van der Waals surface area contributed by atoms with Gasteiger partial charge < -0.3 is 20.5 Å². The highest BCUT2D eigenvalue weighted by atomic mass is 16.1. The number of likely N-dealkylation sites (tertiary alicyclic amines) is 1. The molecule has 6 nitrogen and oxygen atoms in total. The number of pyridine rings is 1. The molecule has 6 heteroatoms. The zero-order valence-corrected chi connectivity index (χ0v) is 17.3. The van der Waals surface area contributed by atoms with Crippen molar-refractivity contribution in [1.29, 1.82) is 0 Å². The number of aromatic nitrogens is 2. The highest BCUT2D eigenvalue weighted by Gasteiger charge is 2.13. The van der Waals surface area contributed by atoms with E-state index in [1.54, 1.807) is 0 Å². The summed E-state index contributed by atoms with van der Waals surface area (Å²) < 4.78 is 0. The van der Waals surface area contributed by atoms with Gasteiger partial charge in [-0.15, -0.1) is 0 Å². The second-order valence-corrected chi connectivity index (χ2v) is 7.19. The molecule has 0 unspecified atom stereocenters. The molecule has 1 aliphatic rings. The zero-order valence-electron chi connectivity index (χ0n) is 17.3. The molecule has 2 aromatic heterocycles. The lowest BCUT2D eigenvalue weighted by molar-refractivity contribution is -0.0979. The minimum atomic E-state index is -0.0625. The second kappa shape index (κ2) is 10.0. The lowest BCUT2D eigenvalue weighted by Crippen LogP contribution is -2.18. The first-order valence-electron chi connectivity index (χ1n) is 10.1. The Bertz CT molecular complexity index is 1170. The zero-order chi connectivity index (χ0) is 21.5. The van der Waals surface area contributed by atoms with Crippen molar-refractivity contribution < 1.29 is 4.79 Å². The molecule has 4 aromatic rings. The number of aromatic amines is 2. The fourth-order valence-electron chi connectivity index (χ4n) is 3.97. The number of benzene rings is 2.